The van der Waals surface area contributed by atoms with Gasteiger partial charge in [0.15, 0.2) is 0 Å². The zero-order valence-corrected chi connectivity index (χ0v) is 9.06. The Kier molecular flexibility index (Phi) is 3.56. The minimum absolute atomic E-state index is 0.317. The normalized spacial score (nSPS) is 13.0. The summed E-state index contributed by atoms with van der Waals surface area (Å²) in [6, 6.07) is 5.57. The molecule has 0 aliphatic carbocycles. The van der Waals surface area contributed by atoms with E-state index in [4.69, 9.17) is 16.7 Å². The second kappa shape index (κ2) is 4.26. The quantitative estimate of drug-likeness (QED) is 0.854. The fourth-order valence-corrected chi connectivity index (χ4v) is 1.85. The van der Waals surface area contributed by atoms with Crippen LogP contribution < -0.4 is 0 Å². The number of halogens is 2. The SMILES string of the molecule is CC(O)Cc1ccc(Cl)cc1Br. The summed E-state index contributed by atoms with van der Waals surface area (Å²) in [6.45, 7) is 1.76. The van der Waals surface area contributed by atoms with Gasteiger partial charge in [0.2, 0.25) is 0 Å². The van der Waals surface area contributed by atoms with Crippen LogP contribution in [0.2, 0.25) is 5.02 Å². The monoisotopic (exact) mass is 248 g/mol. The number of hydrogen-bond donors (Lipinski definition) is 1. The highest BCUT2D eigenvalue weighted by Crippen LogP contribution is 2.22. The van der Waals surface area contributed by atoms with Crippen molar-refractivity contribution < 1.29 is 5.11 Å². The molecule has 0 saturated carbocycles. The molecule has 1 unspecified atom stereocenters. The van der Waals surface area contributed by atoms with Crippen LogP contribution in [-0.4, -0.2) is 11.2 Å². The number of aliphatic hydroxyl groups is 1. The second-order valence-corrected chi connectivity index (χ2v) is 4.08. The van der Waals surface area contributed by atoms with Crippen LogP contribution in [-0.2, 0) is 6.42 Å². The zero-order valence-electron chi connectivity index (χ0n) is 6.72. The van der Waals surface area contributed by atoms with Crippen LogP contribution in [0, 0.1) is 0 Å². The van der Waals surface area contributed by atoms with Crippen molar-refractivity contribution in [2.75, 3.05) is 0 Å². The lowest BCUT2D eigenvalue weighted by Crippen LogP contribution is -2.04. The van der Waals surface area contributed by atoms with Gasteiger partial charge in [0.25, 0.3) is 0 Å². The van der Waals surface area contributed by atoms with Crippen molar-refractivity contribution in [1.82, 2.24) is 0 Å². The molecule has 0 bridgehead atoms. The fourth-order valence-electron chi connectivity index (χ4n) is 1.01. The lowest BCUT2D eigenvalue weighted by molar-refractivity contribution is 0.195. The van der Waals surface area contributed by atoms with Crippen LogP contribution in [0.15, 0.2) is 22.7 Å². The molecule has 1 nitrogen and oxygen atoms in total. The largest absolute Gasteiger partial charge is 0.393 e. The van der Waals surface area contributed by atoms with E-state index in [-0.39, 0.29) is 6.10 Å². The fraction of sp³-hybridized carbons (Fsp3) is 0.333. The summed E-state index contributed by atoms with van der Waals surface area (Å²) in [6.07, 6.45) is 0.333. The van der Waals surface area contributed by atoms with Crippen LogP contribution in [0.3, 0.4) is 0 Å². The Morgan fingerprint density at radius 3 is 2.75 bits per heavy atom. The maximum Gasteiger partial charge on any atom is 0.0552 e. The van der Waals surface area contributed by atoms with Gasteiger partial charge in [-0.05, 0) is 31.0 Å². The van der Waals surface area contributed by atoms with Crippen molar-refractivity contribution in [3.63, 3.8) is 0 Å². The molecule has 1 rings (SSSR count). The molecular weight excluding hydrogens is 239 g/mol. The predicted molar refractivity (Wildman–Crippen MR) is 54.5 cm³/mol. The van der Waals surface area contributed by atoms with Crippen molar-refractivity contribution in [3.05, 3.63) is 33.3 Å². The van der Waals surface area contributed by atoms with Crippen LogP contribution >= 0.6 is 27.5 Å². The van der Waals surface area contributed by atoms with Crippen molar-refractivity contribution in [2.45, 2.75) is 19.4 Å². The van der Waals surface area contributed by atoms with E-state index in [1.807, 2.05) is 18.2 Å². The van der Waals surface area contributed by atoms with Gasteiger partial charge in [-0.2, -0.15) is 0 Å². The number of benzene rings is 1. The molecule has 0 aliphatic heterocycles. The lowest BCUT2D eigenvalue weighted by Gasteiger charge is -2.06. The van der Waals surface area contributed by atoms with E-state index >= 15 is 0 Å². The Hall–Kier alpha value is -0.0500. The third-order valence-electron chi connectivity index (χ3n) is 1.53. The number of hydrogen-bond acceptors (Lipinski definition) is 1. The van der Waals surface area contributed by atoms with Gasteiger partial charge < -0.3 is 5.11 Å². The Bertz CT molecular complexity index is 273. The average Bonchev–Trinajstić information content (AvgIpc) is 1.94. The third-order valence-corrected chi connectivity index (χ3v) is 2.50. The highest BCUT2D eigenvalue weighted by atomic mass is 79.9. The highest BCUT2D eigenvalue weighted by Gasteiger charge is 2.03. The molecule has 1 aromatic rings. The summed E-state index contributed by atoms with van der Waals surface area (Å²) in [5, 5.41) is 9.85. The van der Waals surface area contributed by atoms with E-state index in [1.54, 1.807) is 6.92 Å². The Balaban J connectivity index is 2.86. The molecule has 12 heavy (non-hydrogen) atoms. The summed E-state index contributed by atoms with van der Waals surface area (Å²) in [7, 11) is 0. The lowest BCUT2D eigenvalue weighted by atomic mass is 10.1. The first-order chi connectivity index (χ1) is 5.59. The standard InChI is InChI=1S/C9H10BrClO/c1-6(12)4-7-2-3-8(11)5-9(7)10/h2-3,5-6,12H,4H2,1H3. The van der Waals surface area contributed by atoms with Gasteiger partial charge >= 0.3 is 0 Å². The molecule has 66 valence electrons. The van der Waals surface area contributed by atoms with Crippen molar-refractivity contribution >= 4 is 27.5 Å². The third kappa shape index (κ3) is 2.77. The first-order valence-electron chi connectivity index (χ1n) is 3.71. The summed E-state index contributed by atoms with van der Waals surface area (Å²) in [5.41, 5.74) is 1.08. The maximum atomic E-state index is 9.15. The van der Waals surface area contributed by atoms with Crippen LogP contribution in [0.4, 0.5) is 0 Å². The molecule has 0 saturated heterocycles. The van der Waals surface area contributed by atoms with Crippen molar-refractivity contribution in [2.24, 2.45) is 0 Å². The molecule has 1 aromatic carbocycles. The molecule has 0 aromatic heterocycles. The van der Waals surface area contributed by atoms with Gasteiger partial charge in [0, 0.05) is 9.50 Å². The first kappa shape index (κ1) is 10.0. The van der Waals surface area contributed by atoms with Gasteiger partial charge in [-0.3, -0.25) is 0 Å². The van der Waals surface area contributed by atoms with Crippen LogP contribution in [0.25, 0.3) is 0 Å². The smallest absolute Gasteiger partial charge is 0.0552 e. The number of rotatable bonds is 2. The van der Waals surface area contributed by atoms with E-state index in [0.29, 0.717) is 11.4 Å². The van der Waals surface area contributed by atoms with Gasteiger partial charge in [-0.1, -0.05) is 33.6 Å². The second-order valence-electron chi connectivity index (χ2n) is 2.79. The maximum absolute atomic E-state index is 9.15. The summed E-state index contributed by atoms with van der Waals surface area (Å²) in [5.74, 6) is 0. The van der Waals surface area contributed by atoms with Crippen molar-refractivity contribution in [3.8, 4) is 0 Å². The van der Waals surface area contributed by atoms with E-state index in [9.17, 15) is 0 Å². The molecule has 0 radical (unpaired) electrons. The Morgan fingerprint density at radius 1 is 1.58 bits per heavy atom. The van der Waals surface area contributed by atoms with E-state index in [0.717, 1.165) is 10.0 Å². The van der Waals surface area contributed by atoms with Gasteiger partial charge in [-0.15, -0.1) is 0 Å². The summed E-state index contributed by atoms with van der Waals surface area (Å²) < 4.78 is 0.955. The minimum Gasteiger partial charge on any atom is -0.393 e. The first-order valence-corrected chi connectivity index (χ1v) is 4.88. The van der Waals surface area contributed by atoms with E-state index in [2.05, 4.69) is 15.9 Å². The molecule has 0 heterocycles. The van der Waals surface area contributed by atoms with E-state index in [1.165, 1.54) is 0 Å². The van der Waals surface area contributed by atoms with Gasteiger partial charge in [0.05, 0.1) is 6.10 Å². The van der Waals surface area contributed by atoms with Crippen LogP contribution in [0.1, 0.15) is 12.5 Å². The molecule has 0 spiro atoms. The van der Waals surface area contributed by atoms with Gasteiger partial charge in [-0.25, -0.2) is 0 Å². The summed E-state index contributed by atoms with van der Waals surface area (Å²) >= 11 is 9.14. The Labute approximate surface area is 85.5 Å². The molecule has 0 fully saturated rings. The minimum atomic E-state index is -0.317. The molecule has 0 aliphatic rings. The molecule has 0 amide bonds. The Morgan fingerprint density at radius 2 is 2.25 bits per heavy atom. The molecule has 1 N–H and O–H groups in total. The van der Waals surface area contributed by atoms with Crippen molar-refractivity contribution in [1.29, 1.82) is 0 Å². The van der Waals surface area contributed by atoms with E-state index < -0.39 is 0 Å². The molecule has 3 heteroatoms. The van der Waals surface area contributed by atoms with Crippen LogP contribution in [0.5, 0.6) is 0 Å². The zero-order chi connectivity index (χ0) is 9.14. The van der Waals surface area contributed by atoms with Gasteiger partial charge in [0.1, 0.15) is 0 Å². The number of aliphatic hydroxyl groups excluding tert-OH is 1. The predicted octanol–water partition coefficient (Wildman–Crippen LogP) is 3.03. The highest BCUT2D eigenvalue weighted by molar-refractivity contribution is 9.10. The topological polar surface area (TPSA) is 20.2 Å². The average molecular weight is 250 g/mol. The summed E-state index contributed by atoms with van der Waals surface area (Å²) in [4.78, 5) is 0. The molecular formula is C9H10BrClO. The molecule has 1 atom stereocenters.